The molecule has 0 spiro atoms. The molecular weight excluding hydrogens is 575 g/mol. The molecule has 0 saturated heterocycles. The average molecular weight is 622 g/mol. The van der Waals surface area contributed by atoms with Crippen LogP contribution in [-0.2, 0) is 25.7 Å². The minimum Gasteiger partial charge on any atom is -0.255 e. The van der Waals surface area contributed by atoms with Gasteiger partial charge in [-0.2, -0.15) is 0 Å². The molecule has 5 heteroatoms. The molecule has 44 heavy (non-hydrogen) atoms. The van der Waals surface area contributed by atoms with Gasteiger partial charge in [-0.1, -0.05) is 66.2 Å². The molecule has 5 aromatic rings. The number of pyridine rings is 3. The summed E-state index contributed by atoms with van der Waals surface area (Å²) in [6.45, 7) is 8.94. The lowest BCUT2D eigenvalue weighted by Gasteiger charge is -2.09. The van der Waals surface area contributed by atoms with Crippen molar-refractivity contribution < 1.29 is 0 Å². The van der Waals surface area contributed by atoms with Gasteiger partial charge in [-0.3, -0.25) is 9.97 Å². The summed E-state index contributed by atoms with van der Waals surface area (Å²) >= 11 is 3.86. The van der Waals surface area contributed by atoms with Gasteiger partial charge in [0, 0.05) is 27.0 Å². The van der Waals surface area contributed by atoms with Crippen molar-refractivity contribution in [3.8, 4) is 43.0 Å². The van der Waals surface area contributed by atoms with E-state index in [1.807, 2.05) is 35.1 Å². The predicted octanol–water partition coefficient (Wildman–Crippen LogP) is 12.0. The van der Waals surface area contributed by atoms with Gasteiger partial charge in [0.15, 0.2) is 0 Å². The average Bonchev–Trinajstić information content (AvgIpc) is 3.72. The van der Waals surface area contributed by atoms with Crippen molar-refractivity contribution >= 4 is 22.7 Å². The SMILES string of the molecule is CCCCCCc1csc(-c2sc(-c3ccnc(-c4cc(CC)cc(-c5cc(CC)ccn5)n4)c3)cc2CCCCCC)c1. The molecule has 0 unspecified atom stereocenters. The highest BCUT2D eigenvalue weighted by Crippen LogP contribution is 2.42. The number of aryl methyl sites for hydroxylation is 4. The molecule has 0 fully saturated rings. The second kappa shape index (κ2) is 16.2. The normalized spacial score (nSPS) is 11.4. The Morgan fingerprint density at radius 3 is 1.93 bits per heavy atom. The molecule has 0 bridgehead atoms. The van der Waals surface area contributed by atoms with E-state index in [1.54, 1.807) is 0 Å². The number of hydrogen-bond acceptors (Lipinski definition) is 5. The third-order valence-electron chi connectivity index (χ3n) is 8.40. The van der Waals surface area contributed by atoms with E-state index in [0.29, 0.717) is 0 Å². The molecule has 0 radical (unpaired) electrons. The van der Waals surface area contributed by atoms with Crippen LogP contribution in [0.5, 0.6) is 0 Å². The van der Waals surface area contributed by atoms with Gasteiger partial charge in [-0.05, 0) is 120 Å². The molecule has 0 aromatic carbocycles. The van der Waals surface area contributed by atoms with Crippen LogP contribution >= 0.6 is 22.7 Å². The van der Waals surface area contributed by atoms with E-state index in [-0.39, 0.29) is 0 Å². The lowest BCUT2D eigenvalue weighted by Crippen LogP contribution is -1.96. The molecule has 5 heterocycles. The maximum absolute atomic E-state index is 5.08. The van der Waals surface area contributed by atoms with Gasteiger partial charge in [-0.15, -0.1) is 22.7 Å². The third-order valence-corrected chi connectivity index (χ3v) is 10.8. The second-order valence-electron chi connectivity index (χ2n) is 11.8. The number of thiophene rings is 2. The smallest absolute Gasteiger partial charge is 0.0897 e. The van der Waals surface area contributed by atoms with Gasteiger partial charge in [0.25, 0.3) is 0 Å². The molecule has 0 aliphatic rings. The van der Waals surface area contributed by atoms with Crippen molar-refractivity contribution in [2.45, 2.75) is 105 Å². The first kappa shape index (κ1) is 32.2. The van der Waals surface area contributed by atoms with E-state index in [0.717, 1.165) is 42.0 Å². The fourth-order valence-corrected chi connectivity index (χ4v) is 8.01. The van der Waals surface area contributed by atoms with E-state index in [1.165, 1.54) is 100 Å². The summed E-state index contributed by atoms with van der Waals surface area (Å²) in [4.78, 5) is 18.7. The van der Waals surface area contributed by atoms with E-state index in [4.69, 9.17) is 9.97 Å². The van der Waals surface area contributed by atoms with Crippen LogP contribution in [0, 0.1) is 0 Å². The Balaban J connectivity index is 1.46. The maximum Gasteiger partial charge on any atom is 0.0897 e. The van der Waals surface area contributed by atoms with Crippen LogP contribution < -0.4 is 0 Å². The third kappa shape index (κ3) is 8.31. The minimum atomic E-state index is 0.910. The van der Waals surface area contributed by atoms with Gasteiger partial charge in [0.05, 0.1) is 22.8 Å². The minimum absolute atomic E-state index is 0.910. The van der Waals surface area contributed by atoms with Crippen LogP contribution in [0.1, 0.15) is 101 Å². The molecule has 0 aliphatic heterocycles. The summed E-state index contributed by atoms with van der Waals surface area (Å²) in [6.07, 6.45) is 18.5. The lowest BCUT2D eigenvalue weighted by molar-refractivity contribution is 0.667. The first-order chi connectivity index (χ1) is 21.6. The molecule has 0 aliphatic carbocycles. The number of unbranched alkanes of at least 4 members (excludes halogenated alkanes) is 6. The molecule has 0 saturated carbocycles. The monoisotopic (exact) mass is 621 g/mol. The van der Waals surface area contributed by atoms with Gasteiger partial charge < -0.3 is 0 Å². The van der Waals surface area contributed by atoms with Crippen LogP contribution in [0.4, 0.5) is 0 Å². The van der Waals surface area contributed by atoms with Crippen molar-refractivity contribution in [2.75, 3.05) is 0 Å². The summed E-state index contributed by atoms with van der Waals surface area (Å²) < 4.78 is 0. The summed E-state index contributed by atoms with van der Waals surface area (Å²) in [7, 11) is 0. The Morgan fingerprint density at radius 1 is 0.568 bits per heavy atom. The quantitative estimate of drug-likeness (QED) is 0.103. The Labute approximate surface area is 272 Å². The summed E-state index contributed by atoms with van der Waals surface area (Å²) in [5.41, 5.74) is 10.4. The van der Waals surface area contributed by atoms with Crippen molar-refractivity contribution in [3.05, 3.63) is 88.6 Å². The van der Waals surface area contributed by atoms with Gasteiger partial charge in [0.1, 0.15) is 0 Å². The molecule has 5 rings (SSSR count). The lowest BCUT2D eigenvalue weighted by atomic mass is 10.0. The van der Waals surface area contributed by atoms with Crippen LogP contribution in [0.15, 0.2) is 66.3 Å². The summed E-state index contributed by atoms with van der Waals surface area (Å²) in [5.74, 6) is 0. The number of rotatable bonds is 16. The fourth-order valence-electron chi connectivity index (χ4n) is 5.70. The molecule has 0 atom stereocenters. The highest BCUT2D eigenvalue weighted by molar-refractivity contribution is 7.23. The molecule has 5 aromatic heterocycles. The van der Waals surface area contributed by atoms with E-state index >= 15 is 0 Å². The zero-order valence-electron chi connectivity index (χ0n) is 27.0. The van der Waals surface area contributed by atoms with Crippen molar-refractivity contribution in [2.24, 2.45) is 0 Å². The predicted molar refractivity (Wildman–Crippen MR) is 192 cm³/mol. The van der Waals surface area contributed by atoms with E-state index in [9.17, 15) is 0 Å². The highest BCUT2D eigenvalue weighted by Gasteiger charge is 2.16. The first-order valence-electron chi connectivity index (χ1n) is 16.7. The Bertz CT molecular complexity index is 1630. The zero-order valence-corrected chi connectivity index (χ0v) is 28.6. The Kier molecular flexibility index (Phi) is 11.9. The fraction of sp³-hybridized carbons (Fsp3) is 0.410. The molecule has 3 nitrogen and oxygen atoms in total. The number of hydrogen-bond donors (Lipinski definition) is 0. The van der Waals surface area contributed by atoms with Crippen LogP contribution in [-0.4, -0.2) is 15.0 Å². The molecular formula is C39H47N3S2. The maximum atomic E-state index is 5.08. The van der Waals surface area contributed by atoms with Crippen molar-refractivity contribution in [1.82, 2.24) is 15.0 Å². The molecule has 0 N–H and O–H groups in total. The standard InChI is InChI=1S/C39H47N3S2/c1-5-9-11-13-15-30-24-38(43-27-30)39-32(16-14-12-10-6-2)26-37(44-39)31-18-20-41-34(25-31)36-23-29(8-4)22-35(42-36)33-21-28(7-3)17-19-40-33/h17-27H,5-16H2,1-4H3. The molecule has 0 amide bonds. The van der Waals surface area contributed by atoms with Gasteiger partial charge in [0.2, 0.25) is 0 Å². The molecule has 230 valence electrons. The van der Waals surface area contributed by atoms with Crippen LogP contribution in [0.3, 0.4) is 0 Å². The van der Waals surface area contributed by atoms with E-state index < -0.39 is 0 Å². The van der Waals surface area contributed by atoms with Crippen molar-refractivity contribution in [3.63, 3.8) is 0 Å². The summed E-state index contributed by atoms with van der Waals surface area (Å²) in [5, 5.41) is 2.39. The Morgan fingerprint density at radius 2 is 1.23 bits per heavy atom. The highest BCUT2D eigenvalue weighted by atomic mass is 32.1. The van der Waals surface area contributed by atoms with Gasteiger partial charge in [-0.25, -0.2) is 4.98 Å². The Hall–Kier alpha value is -3.15. The van der Waals surface area contributed by atoms with E-state index in [2.05, 4.69) is 86.6 Å². The van der Waals surface area contributed by atoms with Gasteiger partial charge >= 0.3 is 0 Å². The van der Waals surface area contributed by atoms with Crippen molar-refractivity contribution in [1.29, 1.82) is 0 Å². The van der Waals surface area contributed by atoms with Crippen LogP contribution in [0.25, 0.3) is 43.0 Å². The first-order valence-corrected chi connectivity index (χ1v) is 18.4. The largest absolute Gasteiger partial charge is 0.255 e. The number of aromatic nitrogens is 3. The number of nitrogens with zero attached hydrogens (tertiary/aromatic N) is 3. The second-order valence-corrected chi connectivity index (χ2v) is 13.8. The topological polar surface area (TPSA) is 38.7 Å². The van der Waals surface area contributed by atoms with Crippen LogP contribution in [0.2, 0.25) is 0 Å². The zero-order chi connectivity index (χ0) is 30.7. The summed E-state index contributed by atoms with van der Waals surface area (Å²) in [6, 6.07) is 17.9.